The van der Waals surface area contributed by atoms with Gasteiger partial charge in [0.25, 0.3) is 0 Å². The van der Waals surface area contributed by atoms with E-state index in [1.165, 1.54) is 0 Å². The van der Waals surface area contributed by atoms with Crippen molar-refractivity contribution in [2.45, 2.75) is 27.2 Å². The summed E-state index contributed by atoms with van der Waals surface area (Å²) in [5, 5.41) is 8.14. The third-order valence-electron chi connectivity index (χ3n) is 1.88. The molecular weight excluding hydrogens is 190 g/mol. The van der Waals surface area contributed by atoms with Crippen molar-refractivity contribution in [3.8, 4) is 11.4 Å². The molecule has 82 valence electrons. The Balaban J connectivity index is 0.000000531. The molecule has 0 radical (unpaired) electrons. The molecule has 2 heterocycles. The van der Waals surface area contributed by atoms with Gasteiger partial charge in [-0.05, 0) is 6.07 Å². The molecule has 0 bridgehead atoms. The monoisotopic (exact) mass is 207 g/mol. The predicted octanol–water partition coefficient (Wildman–Crippen LogP) is 2.66. The van der Waals surface area contributed by atoms with E-state index in [4.69, 9.17) is 4.52 Å². The van der Waals surface area contributed by atoms with Crippen molar-refractivity contribution >= 4 is 0 Å². The van der Waals surface area contributed by atoms with Crippen LogP contribution in [0.2, 0.25) is 0 Å². The summed E-state index contributed by atoms with van der Waals surface area (Å²) in [5.41, 5.74) is 1.66. The molecule has 0 aliphatic carbocycles. The molecule has 0 saturated heterocycles. The van der Waals surface area contributed by atoms with Gasteiger partial charge in [-0.2, -0.15) is 5.10 Å². The minimum absolute atomic E-state index is 0.803. The van der Waals surface area contributed by atoms with Gasteiger partial charge in [-0.1, -0.05) is 25.9 Å². The zero-order chi connectivity index (χ0) is 11.3. The van der Waals surface area contributed by atoms with Gasteiger partial charge in [-0.25, -0.2) is 0 Å². The van der Waals surface area contributed by atoms with E-state index in [2.05, 4.69) is 10.3 Å². The van der Waals surface area contributed by atoms with Crippen LogP contribution in [0.3, 0.4) is 0 Å². The highest BCUT2D eigenvalue weighted by Gasteiger charge is 2.06. The summed E-state index contributed by atoms with van der Waals surface area (Å²) >= 11 is 0. The molecule has 2 aromatic heterocycles. The second-order valence-corrected chi connectivity index (χ2v) is 2.91. The van der Waals surface area contributed by atoms with E-state index < -0.39 is 0 Å². The topological polar surface area (TPSA) is 43.9 Å². The van der Waals surface area contributed by atoms with Crippen LogP contribution in [0.15, 0.2) is 22.9 Å². The van der Waals surface area contributed by atoms with E-state index in [1.807, 2.05) is 46.1 Å². The summed E-state index contributed by atoms with van der Waals surface area (Å²) in [4.78, 5) is 0. The second kappa shape index (κ2) is 5.34. The number of hydrogen-bond acceptors (Lipinski definition) is 3. The van der Waals surface area contributed by atoms with Gasteiger partial charge >= 0.3 is 0 Å². The molecule has 4 nitrogen and oxygen atoms in total. The molecule has 0 unspecified atom stereocenters. The smallest absolute Gasteiger partial charge is 0.137 e. The lowest BCUT2D eigenvalue weighted by atomic mass is 10.3. The average molecular weight is 207 g/mol. The third-order valence-corrected chi connectivity index (χ3v) is 1.88. The SMILES string of the molecule is CC.CCc1cc(-c2ccn(C)n2)no1. The molecule has 4 heteroatoms. The summed E-state index contributed by atoms with van der Waals surface area (Å²) in [7, 11) is 1.88. The number of nitrogens with zero attached hydrogens (tertiary/aromatic N) is 3. The van der Waals surface area contributed by atoms with Gasteiger partial charge in [0.1, 0.15) is 17.1 Å². The zero-order valence-electron chi connectivity index (χ0n) is 9.69. The first-order valence-electron chi connectivity index (χ1n) is 5.25. The molecule has 0 fully saturated rings. The van der Waals surface area contributed by atoms with E-state index in [0.717, 1.165) is 23.6 Å². The molecule has 0 spiro atoms. The molecular formula is C11H17N3O. The van der Waals surface area contributed by atoms with Gasteiger partial charge in [-0.3, -0.25) is 4.68 Å². The molecule has 0 atom stereocenters. The maximum absolute atomic E-state index is 5.08. The van der Waals surface area contributed by atoms with Gasteiger partial charge in [0.2, 0.25) is 0 Å². The highest BCUT2D eigenvalue weighted by Crippen LogP contribution is 2.16. The van der Waals surface area contributed by atoms with Crippen LogP contribution in [0.1, 0.15) is 26.5 Å². The molecule has 0 N–H and O–H groups in total. The van der Waals surface area contributed by atoms with E-state index in [1.54, 1.807) is 4.68 Å². The number of aromatic nitrogens is 3. The van der Waals surface area contributed by atoms with Crippen molar-refractivity contribution in [3.63, 3.8) is 0 Å². The van der Waals surface area contributed by atoms with Crippen LogP contribution in [-0.4, -0.2) is 14.9 Å². The Hall–Kier alpha value is -1.58. The van der Waals surface area contributed by atoms with E-state index in [9.17, 15) is 0 Å². The Morgan fingerprint density at radius 1 is 1.33 bits per heavy atom. The van der Waals surface area contributed by atoms with Crippen LogP contribution in [0.5, 0.6) is 0 Å². The quantitative estimate of drug-likeness (QED) is 0.760. The first kappa shape index (κ1) is 11.5. The Kier molecular flexibility index (Phi) is 4.09. The van der Waals surface area contributed by atoms with Crippen LogP contribution in [0, 0.1) is 0 Å². The summed E-state index contributed by atoms with van der Waals surface area (Å²) < 4.78 is 6.82. The van der Waals surface area contributed by atoms with Gasteiger partial charge < -0.3 is 4.52 Å². The summed E-state index contributed by atoms with van der Waals surface area (Å²) in [6.07, 6.45) is 2.75. The zero-order valence-corrected chi connectivity index (χ0v) is 9.69. The van der Waals surface area contributed by atoms with Gasteiger partial charge in [0.05, 0.1) is 0 Å². The van der Waals surface area contributed by atoms with Crippen LogP contribution in [0.4, 0.5) is 0 Å². The van der Waals surface area contributed by atoms with Gasteiger partial charge in [-0.15, -0.1) is 0 Å². The van der Waals surface area contributed by atoms with E-state index in [-0.39, 0.29) is 0 Å². The lowest BCUT2D eigenvalue weighted by Crippen LogP contribution is -1.87. The highest BCUT2D eigenvalue weighted by molar-refractivity contribution is 5.52. The van der Waals surface area contributed by atoms with Crippen molar-refractivity contribution in [2.24, 2.45) is 7.05 Å². The summed E-state index contributed by atoms with van der Waals surface area (Å²) in [6.45, 7) is 6.03. The second-order valence-electron chi connectivity index (χ2n) is 2.91. The minimum atomic E-state index is 0.803. The molecule has 0 aliphatic heterocycles. The molecule has 0 amide bonds. The largest absolute Gasteiger partial charge is 0.361 e. The summed E-state index contributed by atoms with van der Waals surface area (Å²) in [6, 6.07) is 3.83. The van der Waals surface area contributed by atoms with E-state index >= 15 is 0 Å². The molecule has 15 heavy (non-hydrogen) atoms. The van der Waals surface area contributed by atoms with E-state index in [0.29, 0.717) is 0 Å². The predicted molar refractivity (Wildman–Crippen MR) is 59.4 cm³/mol. The average Bonchev–Trinajstić information content (AvgIpc) is 2.88. The van der Waals surface area contributed by atoms with Crippen molar-refractivity contribution in [3.05, 3.63) is 24.1 Å². The van der Waals surface area contributed by atoms with Crippen LogP contribution < -0.4 is 0 Å². The Labute approximate surface area is 89.9 Å². The Morgan fingerprint density at radius 3 is 2.53 bits per heavy atom. The fourth-order valence-corrected chi connectivity index (χ4v) is 1.15. The first-order chi connectivity index (χ1) is 7.29. The van der Waals surface area contributed by atoms with Crippen molar-refractivity contribution in [1.29, 1.82) is 0 Å². The van der Waals surface area contributed by atoms with Crippen LogP contribution >= 0.6 is 0 Å². The first-order valence-corrected chi connectivity index (χ1v) is 5.25. The molecule has 2 aromatic rings. The number of rotatable bonds is 2. The van der Waals surface area contributed by atoms with Crippen LogP contribution in [-0.2, 0) is 13.5 Å². The minimum Gasteiger partial charge on any atom is -0.361 e. The Morgan fingerprint density at radius 2 is 2.07 bits per heavy atom. The molecule has 0 aliphatic rings. The van der Waals surface area contributed by atoms with Crippen molar-refractivity contribution < 1.29 is 4.52 Å². The number of hydrogen-bond donors (Lipinski definition) is 0. The lowest BCUT2D eigenvalue weighted by Gasteiger charge is -1.85. The highest BCUT2D eigenvalue weighted by atomic mass is 16.5. The summed E-state index contributed by atoms with van der Waals surface area (Å²) in [5.74, 6) is 0.889. The maximum atomic E-state index is 5.08. The normalized spacial score (nSPS) is 9.60. The molecule has 0 aromatic carbocycles. The lowest BCUT2D eigenvalue weighted by molar-refractivity contribution is 0.388. The molecule has 2 rings (SSSR count). The maximum Gasteiger partial charge on any atom is 0.137 e. The third kappa shape index (κ3) is 2.68. The van der Waals surface area contributed by atoms with Crippen molar-refractivity contribution in [2.75, 3.05) is 0 Å². The Bertz CT molecular complexity index is 403. The number of aryl methyl sites for hydroxylation is 2. The standard InChI is InChI=1S/C9H11N3O.C2H6/c1-3-7-6-9(11-13-7)8-4-5-12(2)10-8;1-2/h4-6H,3H2,1-2H3;1-2H3. The fourth-order valence-electron chi connectivity index (χ4n) is 1.15. The van der Waals surface area contributed by atoms with Gasteiger partial charge in [0, 0.05) is 25.7 Å². The molecule has 0 saturated carbocycles. The van der Waals surface area contributed by atoms with Gasteiger partial charge in [0.15, 0.2) is 0 Å². The van der Waals surface area contributed by atoms with Crippen LogP contribution in [0.25, 0.3) is 11.4 Å². The fraction of sp³-hybridized carbons (Fsp3) is 0.455. The van der Waals surface area contributed by atoms with Crippen molar-refractivity contribution in [1.82, 2.24) is 14.9 Å².